The minimum absolute atomic E-state index is 0.00713. The number of hydrogen-bond acceptors (Lipinski definition) is 4. The second-order valence-corrected chi connectivity index (χ2v) is 13.5. The molecular weight excluding hydrogens is 565 g/mol. The Balaban J connectivity index is 1.24. The Kier molecular flexibility index (Phi) is 5.73. The summed E-state index contributed by atoms with van der Waals surface area (Å²) < 4.78 is 20.1. The summed E-state index contributed by atoms with van der Waals surface area (Å²) in [4.78, 5) is 2.25. The summed E-state index contributed by atoms with van der Waals surface area (Å²) in [5, 5.41) is 2.10. The lowest BCUT2D eigenvalue weighted by atomic mass is 9.34. The third-order valence-corrected chi connectivity index (χ3v) is 9.36. The Labute approximate surface area is 268 Å². The molecule has 1 aromatic heterocycles. The lowest BCUT2D eigenvalue weighted by Crippen LogP contribution is -2.57. The summed E-state index contributed by atoms with van der Waals surface area (Å²) in [6.07, 6.45) is 0. The van der Waals surface area contributed by atoms with Gasteiger partial charge in [-0.3, -0.25) is 0 Å². The average Bonchev–Trinajstić information content (AvgIpc) is 3.43. The van der Waals surface area contributed by atoms with E-state index < -0.39 is 0 Å². The van der Waals surface area contributed by atoms with Gasteiger partial charge >= 0.3 is 0 Å². The van der Waals surface area contributed by atoms with E-state index >= 15 is 0 Å². The number of fused-ring (bicyclic) bond motifs is 8. The van der Waals surface area contributed by atoms with Crippen LogP contribution in [0.1, 0.15) is 31.9 Å². The van der Waals surface area contributed by atoms with E-state index in [-0.39, 0.29) is 12.1 Å². The van der Waals surface area contributed by atoms with Gasteiger partial charge in [-0.25, -0.2) is 0 Å². The first-order valence-corrected chi connectivity index (χ1v) is 15.9. The van der Waals surface area contributed by atoms with Crippen molar-refractivity contribution in [2.45, 2.75) is 33.1 Å². The number of nitrogens with zero attached hydrogens (tertiary/aromatic N) is 1. The minimum atomic E-state index is -0.0276. The van der Waals surface area contributed by atoms with E-state index in [2.05, 4.69) is 142 Å². The van der Waals surface area contributed by atoms with E-state index in [0.717, 1.165) is 84.0 Å². The molecule has 9 rings (SSSR count). The third-order valence-electron chi connectivity index (χ3n) is 9.36. The zero-order valence-corrected chi connectivity index (χ0v) is 26.3. The molecule has 0 unspecified atom stereocenters. The van der Waals surface area contributed by atoms with Gasteiger partial charge in [0.1, 0.15) is 22.8 Å². The van der Waals surface area contributed by atoms with Crippen LogP contribution in [-0.4, -0.2) is 6.71 Å². The molecule has 5 heteroatoms. The van der Waals surface area contributed by atoms with Crippen LogP contribution in [0.5, 0.6) is 23.0 Å². The number of furan rings is 1. The number of anilines is 3. The molecule has 0 saturated carbocycles. The van der Waals surface area contributed by atoms with Gasteiger partial charge in [-0.2, -0.15) is 0 Å². The van der Waals surface area contributed by atoms with Crippen LogP contribution in [0.25, 0.3) is 21.9 Å². The fourth-order valence-electron chi connectivity index (χ4n) is 7.12. The van der Waals surface area contributed by atoms with Crippen molar-refractivity contribution in [3.8, 4) is 23.0 Å². The highest BCUT2D eigenvalue weighted by molar-refractivity contribution is 6.98. The van der Waals surface area contributed by atoms with Crippen molar-refractivity contribution < 1.29 is 13.9 Å². The first-order valence-electron chi connectivity index (χ1n) is 15.9. The lowest BCUT2D eigenvalue weighted by molar-refractivity contribution is 0.460. The molecule has 2 aliphatic rings. The maximum atomic E-state index is 6.79. The maximum Gasteiger partial charge on any atom is 0.260 e. The molecule has 0 radical (unpaired) electrons. The Morgan fingerprint density at radius 2 is 1.26 bits per heavy atom. The summed E-state index contributed by atoms with van der Waals surface area (Å²) in [6.45, 7) is 8.81. The van der Waals surface area contributed by atoms with E-state index in [9.17, 15) is 0 Å². The van der Waals surface area contributed by atoms with Gasteiger partial charge in [0, 0.05) is 39.4 Å². The SMILES string of the molecule is Cc1cc2c3c(c1)Oc1c(ccc4c1oc1cc(N(c5ccccc5)c5ccccc5)ccc14)B3c1cc(C(C)(C)C)ccc1O2. The van der Waals surface area contributed by atoms with E-state index in [1.807, 2.05) is 12.1 Å². The lowest BCUT2D eigenvalue weighted by Gasteiger charge is -2.34. The summed E-state index contributed by atoms with van der Waals surface area (Å²) in [5.41, 5.74) is 10.5. The molecule has 222 valence electrons. The van der Waals surface area contributed by atoms with Crippen molar-refractivity contribution >= 4 is 62.1 Å². The highest BCUT2D eigenvalue weighted by Gasteiger charge is 2.42. The molecule has 3 heterocycles. The molecule has 2 aliphatic heterocycles. The largest absolute Gasteiger partial charge is 0.458 e. The zero-order valence-electron chi connectivity index (χ0n) is 26.3. The fraction of sp³-hybridized carbons (Fsp3) is 0.122. The van der Waals surface area contributed by atoms with Gasteiger partial charge in [0.2, 0.25) is 0 Å². The van der Waals surface area contributed by atoms with Gasteiger partial charge in [0.15, 0.2) is 11.3 Å². The smallest absolute Gasteiger partial charge is 0.260 e. The van der Waals surface area contributed by atoms with Gasteiger partial charge in [0.25, 0.3) is 6.71 Å². The van der Waals surface area contributed by atoms with Crippen LogP contribution in [0.2, 0.25) is 0 Å². The molecule has 7 aromatic rings. The molecule has 0 bridgehead atoms. The third kappa shape index (κ3) is 4.08. The number of hydrogen-bond donors (Lipinski definition) is 0. The molecule has 0 aliphatic carbocycles. The summed E-state index contributed by atoms with van der Waals surface area (Å²) in [7, 11) is 0. The first-order chi connectivity index (χ1) is 22.3. The molecule has 0 fully saturated rings. The average molecular weight is 598 g/mol. The monoisotopic (exact) mass is 597 g/mol. The van der Waals surface area contributed by atoms with Crippen molar-refractivity contribution in [1.29, 1.82) is 0 Å². The Hall–Kier alpha value is -5.42. The molecule has 0 spiro atoms. The number of para-hydroxylation sites is 2. The van der Waals surface area contributed by atoms with Crippen LogP contribution in [0.4, 0.5) is 17.1 Å². The van der Waals surface area contributed by atoms with E-state index in [0.29, 0.717) is 0 Å². The number of ether oxygens (including phenoxy) is 2. The Bertz CT molecular complexity index is 2280. The van der Waals surface area contributed by atoms with Gasteiger partial charge in [0.05, 0.1) is 0 Å². The molecule has 4 nitrogen and oxygen atoms in total. The molecule has 0 amide bonds. The maximum absolute atomic E-state index is 6.79. The van der Waals surface area contributed by atoms with Gasteiger partial charge in [-0.15, -0.1) is 0 Å². The fourth-order valence-corrected chi connectivity index (χ4v) is 7.12. The van der Waals surface area contributed by atoms with E-state index in [4.69, 9.17) is 13.9 Å². The van der Waals surface area contributed by atoms with Crippen LogP contribution in [0.3, 0.4) is 0 Å². The van der Waals surface area contributed by atoms with Crippen molar-refractivity contribution in [2.75, 3.05) is 4.90 Å². The number of rotatable bonds is 3. The second-order valence-electron chi connectivity index (χ2n) is 13.5. The minimum Gasteiger partial charge on any atom is -0.458 e. The Morgan fingerprint density at radius 3 is 1.96 bits per heavy atom. The van der Waals surface area contributed by atoms with Crippen molar-refractivity contribution in [3.05, 3.63) is 132 Å². The predicted molar refractivity (Wildman–Crippen MR) is 190 cm³/mol. The molecule has 6 aromatic carbocycles. The quantitative estimate of drug-likeness (QED) is 0.190. The molecular formula is C41H32BNO3. The standard InChI is InChI=1S/C41H32BNO3/c1-25-21-36-38-37(22-25)46-40-32(42(38)33-23-26(41(2,3)4)15-20-34(33)44-36)19-18-31-30-17-16-29(24-35(30)45-39(31)40)43(27-11-7-5-8-12-27)28-13-9-6-10-14-28/h5-24H,1-4H3. The van der Waals surface area contributed by atoms with Crippen LogP contribution in [0, 0.1) is 6.92 Å². The molecule has 0 saturated heterocycles. The number of aryl methyl sites for hydroxylation is 1. The summed E-state index contributed by atoms with van der Waals surface area (Å²) in [5.74, 6) is 3.36. The zero-order chi connectivity index (χ0) is 31.2. The van der Waals surface area contributed by atoms with Crippen LogP contribution >= 0.6 is 0 Å². The summed E-state index contributed by atoms with van der Waals surface area (Å²) >= 11 is 0. The van der Waals surface area contributed by atoms with Crippen LogP contribution in [0.15, 0.2) is 126 Å². The van der Waals surface area contributed by atoms with Crippen molar-refractivity contribution in [1.82, 2.24) is 0 Å². The van der Waals surface area contributed by atoms with Gasteiger partial charge < -0.3 is 18.8 Å². The highest BCUT2D eigenvalue weighted by atomic mass is 16.5. The molecule has 0 N–H and O–H groups in total. The van der Waals surface area contributed by atoms with Crippen molar-refractivity contribution in [2.24, 2.45) is 0 Å². The van der Waals surface area contributed by atoms with Crippen LogP contribution < -0.4 is 30.8 Å². The summed E-state index contributed by atoms with van der Waals surface area (Å²) in [6, 6.07) is 42.6. The predicted octanol–water partition coefficient (Wildman–Crippen LogP) is 9.39. The van der Waals surface area contributed by atoms with Crippen LogP contribution in [-0.2, 0) is 5.41 Å². The van der Waals surface area contributed by atoms with Crippen molar-refractivity contribution in [3.63, 3.8) is 0 Å². The van der Waals surface area contributed by atoms with Gasteiger partial charge in [-0.05, 0) is 89.0 Å². The normalized spacial score (nSPS) is 13.1. The second kappa shape index (κ2) is 9.79. The van der Waals surface area contributed by atoms with E-state index in [1.165, 1.54) is 5.56 Å². The first kappa shape index (κ1) is 26.9. The highest BCUT2D eigenvalue weighted by Crippen LogP contribution is 2.43. The molecule has 0 atom stereocenters. The van der Waals surface area contributed by atoms with Gasteiger partial charge in [-0.1, -0.05) is 81.4 Å². The number of benzene rings is 6. The Morgan fingerprint density at radius 1 is 0.587 bits per heavy atom. The molecule has 46 heavy (non-hydrogen) atoms. The topological polar surface area (TPSA) is 34.8 Å². The van der Waals surface area contributed by atoms with E-state index in [1.54, 1.807) is 0 Å².